The minimum absolute atomic E-state index is 0.00331. The van der Waals surface area contributed by atoms with E-state index in [4.69, 9.17) is 5.73 Å². The molecule has 1 aliphatic carbocycles. The van der Waals surface area contributed by atoms with E-state index in [-0.39, 0.29) is 30.7 Å². The van der Waals surface area contributed by atoms with Crippen LogP contribution in [0.4, 0.5) is 13.2 Å². The molecule has 2 fully saturated rings. The van der Waals surface area contributed by atoms with Gasteiger partial charge in [0, 0.05) is 25.0 Å². The normalized spacial score (nSPS) is 33.8. The molecule has 1 heterocycles. The maximum Gasteiger partial charge on any atom is 0.391 e. The van der Waals surface area contributed by atoms with E-state index in [1.807, 2.05) is 0 Å². The molecule has 2 rings (SSSR count). The molecule has 2 N–H and O–H groups in total. The molecule has 1 amide bonds. The van der Waals surface area contributed by atoms with Crippen molar-refractivity contribution in [2.24, 2.45) is 17.6 Å². The van der Waals surface area contributed by atoms with E-state index in [2.05, 4.69) is 0 Å². The van der Waals surface area contributed by atoms with Crippen molar-refractivity contribution < 1.29 is 18.0 Å². The Bertz CT molecular complexity index is 311. The Morgan fingerprint density at radius 2 is 1.72 bits per heavy atom. The van der Waals surface area contributed by atoms with Crippen LogP contribution in [0.2, 0.25) is 0 Å². The van der Waals surface area contributed by atoms with Crippen LogP contribution < -0.4 is 5.73 Å². The highest BCUT2D eigenvalue weighted by molar-refractivity contribution is 5.79. The summed E-state index contributed by atoms with van der Waals surface area (Å²) in [5.41, 5.74) is 5.73. The van der Waals surface area contributed by atoms with E-state index in [9.17, 15) is 18.0 Å². The van der Waals surface area contributed by atoms with E-state index in [0.717, 1.165) is 6.42 Å². The standard InChI is InChI=1S/C12H19F3N2O/c13-12(14,15)9-3-1-8(2-4-9)11(18)17-6-5-10(16)7-17/h8-10H,1-7,16H2/t8?,9?,10-/m0/s1. The zero-order valence-electron chi connectivity index (χ0n) is 10.2. The smallest absolute Gasteiger partial charge is 0.341 e. The summed E-state index contributed by atoms with van der Waals surface area (Å²) in [7, 11) is 0. The number of nitrogens with two attached hydrogens (primary N) is 1. The fourth-order valence-electron chi connectivity index (χ4n) is 2.91. The van der Waals surface area contributed by atoms with Gasteiger partial charge < -0.3 is 10.6 Å². The Kier molecular flexibility index (Phi) is 3.84. The lowest BCUT2D eigenvalue weighted by Crippen LogP contribution is -2.39. The predicted molar refractivity (Wildman–Crippen MR) is 60.7 cm³/mol. The van der Waals surface area contributed by atoms with E-state index >= 15 is 0 Å². The topological polar surface area (TPSA) is 46.3 Å². The maximum absolute atomic E-state index is 12.5. The van der Waals surface area contributed by atoms with Crippen molar-refractivity contribution in [1.82, 2.24) is 4.90 Å². The summed E-state index contributed by atoms with van der Waals surface area (Å²) in [5.74, 6) is -1.44. The number of alkyl halides is 3. The van der Waals surface area contributed by atoms with Crippen LogP contribution in [0.25, 0.3) is 0 Å². The third-order valence-electron chi connectivity index (χ3n) is 4.08. The first-order valence-electron chi connectivity index (χ1n) is 6.49. The summed E-state index contributed by atoms with van der Waals surface area (Å²) in [4.78, 5) is 13.8. The molecular formula is C12H19F3N2O. The summed E-state index contributed by atoms with van der Waals surface area (Å²) >= 11 is 0. The average molecular weight is 264 g/mol. The fraction of sp³-hybridized carbons (Fsp3) is 0.917. The number of hydrogen-bond acceptors (Lipinski definition) is 2. The van der Waals surface area contributed by atoms with Crippen LogP contribution in [0, 0.1) is 11.8 Å². The van der Waals surface area contributed by atoms with Gasteiger partial charge in [-0.3, -0.25) is 4.79 Å². The van der Waals surface area contributed by atoms with Gasteiger partial charge in [-0.2, -0.15) is 13.2 Å². The summed E-state index contributed by atoms with van der Waals surface area (Å²) in [6.07, 6.45) is -2.43. The van der Waals surface area contributed by atoms with Crippen LogP contribution in [0.15, 0.2) is 0 Å². The van der Waals surface area contributed by atoms with Crippen molar-refractivity contribution in [1.29, 1.82) is 0 Å². The van der Waals surface area contributed by atoms with Crippen LogP contribution in [-0.4, -0.2) is 36.1 Å². The van der Waals surface area contributed by atoms with Gasteiger partial charge in [0.05, 0.1) is 5.92 Å². The molecule has 0 unspecified atom stereocenters. The third kappa shape index (κ3) is 2.96. The Morgan fingerprint density at radius 1 is 1.11 bits per heavy atom. The molecule has 1 saturated carbocycles. The zero-order valence-corrected chi connectivity index (χ0v) is 10.2. The molecule has 0 radical (unpaired) electrons. The lowest BCUT2D eigenvalue weighted by atomic mass is 9.81. The van der Waals surface area contributed by atoms with Gasteiger partial charge in [0.2, 0.25) is 5.91 Å². The number of nitrogens with zero attached hydrogens (tertiary/aromatic N) is 1. The SMILES string of the molecule is N[C@H]1CCN(C(=O)C2CCC(C(F)(F)F)CC2)C1. The number of amides is 1. The lowest BCUT2D eigenvalue weighted by molar-refractivity contribution is -0.185. The first-order chi connectivity index (χ1) is 8.38. The second-order valence-corrected chi connectivity index (χ2v) is 5.42. The molecule has 1 atom stereocenters. The molecule has 0 aromatic heterocycles. The van der Waals surface area contributed by atoms with Crippen molar-refractivity contribution in [3.63, 3.8) is 0 Å². The van der Waals surface area contributed by atoms with Crippen LogP contribution >= 0.6 is 0 Å². The molecule has 6 heteroatoms. The van der Waals surface area contributed by atoms with Crippen LogP contribution in [0.5, 0.6) is 0 Å². The fourth-order valence-corrected chi connectivity index (χ4v) is 2.91. The molecule has 3 nitrogen and oxygen atoms in total. The van der Waals surface area contributed by atoms with Gasteiger partial charge in [0.1, 0.15) is 0 Å². The lowest BCUT2D eigenvalue weighted by Gasteiger charge is -2.31. The van der Waals surface area contributed by atoms with E-state index < -0.39 is 12.1 Å². The number of hydrogen-bond donors (Lipinski definition) is 1. The number of carbonyl (C=O) groups is 1. The predicted octanol–water partition coefficient (Wildman–Crippen LogP) is 1.91. The number of rotatable bonds is 1. The highest BCUT2D eigenvalue weighted by atomic mass is 19.4. The van der Waals surface area contributed by atoms with Crippen molar-refractivity contribution in [3.8, 4) is 0 Å². The maximum atomic E-state index is 12.5. The second-order valence-electron chi connectivity index (χ2n) is 5.42. The average Bonchev–Trinajstić information content (AvgIpc) is 2.74. The van der Waals surface area contributed by atoms with Gasteiger partial charge in [0.25, 0.3) is 0 Å². The summed E-state index contributed by atoms with van der Waals surface area (Å²) in [5, 5.41) is 0. The van der Waals surface area contributed by atoms with E-state index in [1.165, 1.54) is 0 Å². The zero-order chi connectivity index (χ0) is 13.3. The quantitative estimate of drug-likeness (QED) is 0.786. The van der Waals surface area contributed by atoms with Crippen molar-refractivity contribution in [3.05, 3.63) is 0 Å². The monoisotopic (exact) mass is 264 g/mol. The van der Waals surface area contributed by atoms with Crippen LogP contribution in [-0.2, 0) is 4.79 Å². The van der Waals surface area contributed by atoms with E-state index in [1.54, 1.807) is 4.90 Å². The Hall–Kier alpha value is -0.780. The molecule has 1 saturated heterocycles. The Labute approximate surface area is 104 Å². The minimum atomic E-state index is -4.11. The van der Waals surface area contributed by atoms with Crippen molar-refractivity contribution in [2.45, 2.75) is 44.3 Å². The van der Waals surface area contributed by atoms with Gasteiger partial charge >= 0.3 is 6.18 Å². The Balaban J connectivity index is 1.84. The molecule has 1 aliphatic heterocycles. The highest BCUT2D eigenvalue weighted by Gasteiger charge is 2.43. The minimum Gasteiger partial charge on any atom is -0.341 e. The Morgan fingerprint density at radius 3 is 2.17 bits per heavy atom. The van der Waals surface area contributed by atoms with Gasteiger partial charge in [-0.15, -0.1) is 0 Å². The summed E-state index contributed by atoms with van der Waals surface area (Å²) in [6.45, 7) is 1.21. The molecule has 0 aromatic carbocycles. The highest BCUT2D eigenvalue weighted by Crippen LogP contribution is 2.40. The molecule has 2 aliphatic rings. The molecule has 0 bridgehead atoms. The van der Waals surface area contributed by atoms with Crippen LogP contribution in [0.3, 0.4) is 0 Å². The van der Waals surface area contributed by atoms with Crippen molar-refractivity contribution in [2.75, 3.05) is 13.1 Å². The first-order valence-corrected chi connectivity index (χ1v) is 6.49. The van der Waals surface area contributed by atoms with Gasteiger partial charge in [-0.1, -0.05) is 0 Å². The summed E-state index contributed by atoms with van der Waals surface area (Å²) < 4.78 is 37.5. The number of halogens is 3. The second kappa shape index (κ2) is 5.07. The first kappa shape index (κ1) is 13.6. The number of likely N-dealkylation sites (tertiary alicyclic amines) is 1. The molecule has 104 valence electrons. The third-order valence-corrected chi connectivity index (χ3v) is 4.08. The number of carbonyl (C=O) groups excluding carboxylic acids is 1. The largest absolute Gasteiger partial charge is 0.391 e. The van der Waals surface area contributed by atoms with Crippen LogP contribution in [0.1, 0.15) is 32.1 Å². The van der Waals surface area contributed by atoms with Gasteiger partial charge in [-0.05, 0) is 32.1 Å². The van der Waals surface area contributed by atoms with E-state index in [0.29, 0.717) is 25.9 Å². The summed E-state index contributed by atoms with van der Waals surface area (Å²) in [6, 6.07) is 0.0282. The van der Waals surface area contributed by atoms with Gasteiger partial charge in [-0.25, -0.2) is 0 Å². The van der Waals surface area contributed by atoms with Crippen molar-refractivity contribution >= 4 is 5.91 Å². The molecule has 0 spiro atoms. The molecular weight excluding hydrogens is 245 g/mol. The molecule has 18 heavy (non-hydrogen) atoms. The van der Waals surface area contributed by atoms with Gasteiger partial charge in [0.15, 0.2) is 0 Å². The molecule has 0 aromatic rings.